The van der Waals surface area contributed by atoms with Gasteiger partial charge in [0.1, 0.15) is 0 Å². The van der Waals surface area contributed by atoms with Gasteiger partial charge in [-0.25, -0.2) is 4.79 Å². The van der Waals surface area contributed by atoms with Crippen molar-refractivity contribution in [1.29, 1.82) is 0 Å². The van der Waals surface area contributed by atoms with Crippen molar-refractivity contribution in [2.75, 3.05) is 5.32 Å². The van der Waals surface area contributed by atoms with Gasteiger partial charge in [0, 0.05) is 5.69 Å². The van der Waals surface area contributed by atoms with Gasteiger partial charge in [0.15, 0.2) is 0 Å². The van der Waals surface area contributed by atoms with E-state index >= 15 is 0 Å². The summed E-state index contributed by atoms with van der Waals surface area (Å²) >= 11 is 0. The quantitative estimate of drug-likeness (QED) is 0.789. The van der Waals surface area contributed by atoms with Crippen LogP contribution in [-0.2, 0) is 9.59 Å². The number of benzene rings is 1. The molecule has 0 aromatic heterocycles. The van der Waals surface area contributed by atoms with Crippen molar-refractivity contribution < 1.29 is 24.6 Å². The van der Waals surface area contributed by atoms with Crippen LogP contribution in [0.15, 0.2) is 24.3 Å². The number of carboxylic acid groups (broad SMARTS) is 2. The van der Waals surface area contributed by atoms with E-state index in [1.54, 1.807) is 6.07 Å². The number of rotatable bonds is 4. The average molecular weight is 291 g/mol. The normalized spacial score (nSPS) is 21.5. The molecule has 1 aliphatic carbocycles. The molecule has 2 rings (SSSR count). The lowest BCUT2D eigenvalue weighted by molar-refractivity contribution is -0.147. The first-order valence-electron chi connectivity index (χ1n) is 6.86. The summed E-state index contributed by atoms with van der Waals surface area (Å²) in [5.74, 6) is -3.61. The molecule has 1 fully saturated rings. The second kappa shape index (κ2) is 6.39. The topological polar surface area (TPSA) is 104 Å². The molecule has 1 aliphatic rings. The molecule has 1 amide bonds. The second-order valence-electron chi connectivity index (χ2n) is 5.21. The third-order valence-electron chi connectivity index (χ3n) is 3.80. The number of carbonyl (C=O) groups excluding carboxylic acids is 1. The number of aliphatic carboxylic acids is 1. The number of hydrogen-bond acceptors (Lipinski definition) is 3. The second-order valence-corrected chi connectivity index (χ2v) is 5.21. The number of aromatic carboxylic acids is 1. The number of amides is 1. The Morgan fingerprint density at radius 2 is 1.71 bits per heavy atom. The molecule has 0 spiro atoms. The minimum absolute atomic E-state index is 0.0752. The summed E-state index contributed by atoms with van der Waals surface area (Å²) in [6.07, 6.45) is 2.69. The number of anilines is 1. The van der Waals surface area contributed by atoms with Crippen molar-refractivity contribution in [3.8, 4) is 0 Å². The van der Waals surface area contributed by atoms with Crippen molar-refractivity contribution in [2.24, 2.45) is 11.8 Å². The van der Waals surface area contributed by atoms with Crippen LogP contribution in [0.3, 0.4) is 0 Å². The zero-order valence-corrected chi connectivity index (χ0v) is 11.4. The van der Waals surface area contributed by atoms with E-state index in [1.807, 2.05) is 0 Å². The molecule has 1 aromatic rings. The van der Waals surface area contributed by atoms with Crippen LogP contribution in [0, 0.1) is 11.8 Å². The van der Waals surface area contributed by atoms with Gasteiger partial charge in [-0.3, -0.25) is 9.59 Å². The van der Waals surface area contributed by atoms with Gasteiger partial charge in [-0.2, -0.15) is 0 Å². The summed E-state index contributed by atoms with van der Waals surface area (Å²) in [4.78, 5) is 34.3. The van der Waals surface area contributed by atoms with Gasteiger partial charge in [0.2, 0.25) is 5.91 Å². The minimum Gasteiger partial charge on any atom is -0.481 e. The third-order valence-corrected chi connectivity index (χ3v) is 3.80. The molecule has 2 atom stereocenters. The van der Waals surface area contributed by atoms with Crippen molar-refractivity contribution in [1.82, 2.24) is 0 Å². The van der Waals surface area contributed by atoms with Gasteiger partial charge >= 0.3 is 11.9 Å². The molecular formula is C15H17NO5. The Morgan fingerprint density at radius 1 is 1.05 bits per heavy atom. The summed E-state index contributed by atoms with van der Waals surface area (Å²) in [6.45, 7) is 0. The molecule has 3 N–H and O–H groups in total. The van der Waals surface area contributed by atoms with E-state index in [-0.39, 0.29) is 11.5 Å². The maximum Gasteiger partial charge on any atom is 0.335 e. The van der Waals surface area contributed by atoms with E-state index in [4.69, 9.17) is 5.11 Å². The van der Waals surface area contributed by atoms with Crippen LogP contribution >= 0.6 is 0 Å². The van der Waals surface area contributed by atoms with Crippen molar-refractivity contribution in [3.05, 3.63) is 29.8 Å². The van der Waals surface area contributed by atoms with Crippen LogP contribution in [-0.4, -0.2) is 28.1 Å². The molecule has 112 valence electrons. The molecule has 1 saturated carbocycles. The Morgan fingerprint density at radius 3 is 2.33 bits per heavy atom. The maximum absolute atomic E-state index is 12.2. The third kappa shape index (κ3) is 3.59. The maximum atomic E-state index is 12.2. The number of carboxylic acids is 2. The average Bonchev–Trinajstić information content (AvgIpc) is 2.47. The van der Waals surface area contributed by atoms with Crippen LogP contribution < -0.4 is 5.32 Å². The fourth-order valence-corrected chi connectivity index (χ4v) is 2.71. The molecule has 6 heteroatoms. The first-order valence-corrected chi connectivity index (χ1v) is 6.86. The van der Waals surface area contributed by atoms with Crippen LogP contribution in [0.4, 0.5) is 5.69 Å². The van der Waals surface area contributed by atoms with Crippen molar-refractivity contribution in [3.63, 3.8) is 0 Å². The lowest BCUT2D eigenvalue weighted by Crippen LogP contribution is -2.36. The predicted octanol–water partition coefficient (Wildman–Crippen LogP) is 2.21. The van der Waals surface area contributed by atoms with Gasteiger partial charge < -0.3 is 15.5 Å². The van der Waals surface area contributed by atoms with Crippen LogP contribution in [0.5, 0.6) is 0 Å². The van der Waals surface area contributed by atoms with E-state index in [0.29, 0.717) is 18.5 Å². The smallest absolute Gasteiger partial charge is 0.335 e. The summed E-state index contributed by atoms with van der Waals surface area (Å²) < 4.78 is 0. The van der Waals surface area contributed by atoms with Crippen molar-refractivity contribution in [2.45, 2.75) is 25.7 Å². The molecule has 0 saturated heterocycles. The first-order chi connectivity index (χ1) is 9.99. The minimum atomic E-state index is -1.08. The highest BCUT2D eigenvalue weighted by molar-refractivity contribution is 5.96. The molecule has 1 aromatic carbocycles. The monoisotopic (exact) mass is 291 g/mol. The van der Waals surface area contributed by atoms with Crippen LogP contribution in [0.25, 0.3) is 0 Å². The van der Waals surface area contributed by atoms with Gasteiger partial charge in [0.05, 0.1) is 17.4 Å². The highest BCUT2D eigenvalue weighted by Gasteiger charge is 2.35. The van der Waals surface area contributed by atoms with Crippen molar-refractivity contribution >= 4 is 23.5 Å². The van der Waals surface area contributed by atoms with Crippen LogP contribution in [0.1, 0.15) is 36.0 Å². The zero-order valence-electron chi connectivity index (χ0n) is 11.4. The number of hydrogen-bond donors (Lipinski definition) is 3. The number of nitrogens with one attached hydrogen (secondary N) is 1. The Kier molecular flexibility index (Phi) is 4.57. The molecule has 0 radical (unpaired) electrons. The molecule has 0 unspecified atom stereocenters. The van der Waals surface area contributed by atoms with E-state index in [9.17, 15) is 19.5 Å². The van der Waals surface area contributed by atoms with Gasteiger partial charge in [-0.1, -0.05) is 18.9 Å². The molecule has 6 nitrogen and oxygen atoms in total. The molecule has 0 aliphatic heterocycles. The Bertz CT molecular complexity index is 569. The van der Waals surface area contributed by atoms with E-state index in [1.165, 1.54) is 18.2 Å². The highest BCUT2D eigenvalue weighted by Crippen LogP contribution is 2.31. The SMILES string of the molecule is O=C(O)c1cccc(NC(=O)[C@@H]2CCCC[C@@H]2C(=O)O)c1. The standard InChI is InChI=1S/C15H17NO5/c17-13(11-6-1-2-7-12(11)15(20)21)16-10-5-3-4-9(8-10)14(18)19/h3-5,8,11-12H,1-2,6-7H2,(H,16,17)(H,18,19)(H,20,21)/t11-,12+/m1/s1. The number of carbonyl (C=O) groups is 3. The Hall–Kier alpha value is -2.37. The summed E-state index contributed by atoms with van der Waals surface area (Å²) in [5.41, 5.74) is 0.445. The Labute approximate surface area is 121 Å². The predicted molar refractivity (Wildman–Crippen MR) is 75.1 cm³/mol. The summed E-state index contributed by atoms with van der Waals surface area (Å²) in [5, 5.41) is 20.7. The van der Waals surface area contributed by atoms with E-state index in [2.05, 4.69) is 5.32 Å². The molecule has 0 bridgehead atoms. The molecule has 0 heterocycles. The Balaban J connectivity index is 2.11. The largest absolute Gasteiger partial charge is 0.481 e. The van der Waals surface area contributed by atoms with Gasteiger partial charge in [-0.15, -0.1) is 0 Å². The fraction of sp³-hybridized carbons (Fsp3) is 0.400. The van der Waals surface area contributed by atoms with E-state index < -0.39 is 23.8 Å². The lowest BCUT2D eigenvalue weighted by Gasteiger charge is -2.27. The highest BCUT2D eigenvalue weighted by atomic mass is 16.4. The molecular weight excluding hydrogens is 274 g/mol. The molecule has 21 heavy (non-hydrogen) atoms. The van der Waals surface area contributed by atoms with E-state index in [0.717, 1.165) is 12.8 Å². The lowest BCUT2D eigenvalue weighted by atomic mass is 9.78. The van der Waals surface area contributed by atoms with Crippen LogP contribution in [0.2, 0.25) is 0 Å². The summed E-state index contributed by atoms with van der Waals surface area (Å²) in [7, 11) is 0. The van der Waals surface area contributed by atoms with Gasteiger partial charge in [0.25, 0.3) is 0 Å². The zero-order chi connectivity index (χ0) is 15.4. The van der Waals surface area contributed by atoms with Gasteiger partial charge in [-0.05, 0) is 31.0 Å². The summed E-state index contributed by atoms with van der Waals surface area (Å²) in [6, 6.07) is 5.91. The first kappa shape index (κ1) is 15.0. The fourth-order valence-electron chi connectivity index (χ4n) is 2.71.